The van der Waals surface area contributed by atoms with Gasteiger partial charge >= 0.3 is 0 Å². The van der Waals surface area contributed by atoms with Crippen LogP contribution in [0.25, 0.3) is 11.3 Å². The van der Waals surface area contributed by atoms with E-state index in [-0.39, 0.29) is 11.7 Å². The molecule has 3 heterocycles. The number of nitrogens with one attached hydrogen (secondary N) is 1. The van der Waals surface area contributed by atoms with E-state index in [0.717, 1.165) is 5.69 Å². The van der Waals surface area contributed by atoms with Gasteiger partial charge in [-0.3, -0.25) is 9.59 Å². The molecule has 184 valence electrons. The Morgan fingerprint density at radius 1 is 0.833 bits per heavy atom. The quantitative estimate of drug-likeness (QED) is 0.302. The highest BCUT2D eigenvalue weighted by Crippen LogP contribution is 2.35. The summed E-state index contributed by atoms with van der Waals surface area (Å²) in [6.45, 7) is 2.34. The molecular weight excluding hydrogens is 525 g/mol. The molecule has 5 rings (SSSR count). The Kier molecular flexibility index (Phi) is 6.96. The number of benzene rings is 2. The molecule has 2 aromatic carbocycles. The van der Waals surface area contributed by atoms with Crippen LogP contribution in [0.3, 0.4) is 0 Å². The Hall–Kier alpha value is -3.39. The number of nitrogens with zero attached hydrogens (tertiary/aromatic N) is 2. The van der Waals surface area contributed by atoms with Crippen molar-refractivity contribution in [3.8, 4) is 11.3 Å². The third-order valence-corrected chi connectivity index (χ3v) is 7.01. The first-order valence-electron chi connectivity index (χ1n) is 11.1. The molecule has 0 spiro atoms. The summed E-state index contributed by atoms with van der Waals surface area (Å²) in [6, 6.07) is 17.1. The summed E-state index contributed by atoms with van der Waals surface area (Å²) >= 11 is 18.9. The Balaban J connectivity index is 1.22. The predicted octanol–water partition coefficient (Wildman–Crippen LogP) is 6.71. The van der Waals surface area contributed by atoms with Gasteiger partial charge in [0.2, 0.25) is 0 Å². The van der Waals surface area contributed by atoms with Crippen LogP contribution < -0.4 is 10.2 Å². The van der Waals surface area contributed by atoms with Gasteiger partial charge in [-0.15, -0.1) is 0 Å². The van der Waals surface area contributed by atoms with Crippen LogP contribution >= 0.6 is 34.8 Å². The van der Waals surface area contributed by atoms with Crippen molar-refractivity contribution in [2.45, 2.75) is 0 Å². The average Bonchev–Trinajstić information content (AvgIpc) is 3.59. The molecule has 36 heavy (non-hydrogen) atoms. The maximum Gasteiger partial charge on any atom is 0.291 e. The molecule has 0 bridgehead atoms. The second kappa shape index (κ2) is 10.3. The number of halogens is 3. The molecule has 0 saturated carbocycles. The largest absolute Gasteiger partial charge is 0.459 e. The summed E-state index contributed by atoms with van der Waals surface area (Å²) in [5, 5.41) is 4.05. The lowest BCUT2D eigenvalue weighted by atomic mass is 10.2. The van der Waals surface area contributed by atoms with Crippen molar-refractivity contribution in [1.29, 1.82) is 0 Å². The zero-order valence-electron chi connectivity index (χ0n) is 18.8. The summed E-state index contributed by atoms with van der Waals surface area (Å²) in [6.07, 6.45) is 1.49. The van der Waals surface area contributed by atoms with Crippen molar-refractivity contribution in [3.63, 3.8) is 0 Å². The lowest BCUT2D eigenvalue weighted by Crippen LogP contribution is -2.48. The summed E-state index contributed by atoms with van der Waals surface area (Å²) in [4.78, 5) is 29.1. The van der Waals surface area contributed by atoms with E-state index in [1.807, 2.05) is 6.07 Å². The number of rotatable bonds is 5. The highest BCUT2D eigenvalue weighted by Gasteiger charge is 2.25. The summed E-state index contributed by atoms with van der Waals surface area (Å²) < 4.78 is 10.9. The number of carbonyl (C=O) groups is 2. The van der Waals surface area contributed by atoms with Gasteiger partial charge in [0.05, 0.1) is 27.0 Å². The van der Waals surface area contributed by atoms with Gasteiger partial charge in [0.1, 0.15) is 5.76 Å². The van der Waals surface area contributed by atoms with Crippen molar-refractivity contribution in [2.24, 2.45) is 0 Å². The monoisotopic (exact) mass is 543 g/mol. The van der Waals surface area contributed by atoms with Crippen LogP contribution in [0.15, 0.2) is 75.8 Å². The van der Waals surface area contributed by atoms with Gasteiger partial charge in [0, 0.05) is 37.4 Å². The number of piperazine rings is 1. The lowest BCUT2D eigenvalue weighted by Gasteiger charge is -2.36. The van der Waals surface area contributed by atoms with Crippen molar-refractivity contribution in [3.05, 3.63) is 93.5 Å². The number of hydrogen-bond acceptors (Lipinski definition) is 5. The summed E-state index contributed by atoms with van der Waals surface area (Å²) in [7, 11) is 0. The molecule has 1 N–H and O–H groups in total. The molecule has 7 nitrogen and oxygen atoms in total. The Labute approximate surface area is 222 Å². The van der Waals surface area contributed by atoms with E-state index >= 15 is 0 Å². The number of amides is 2. The maximum absolute atomic E-state index is 12.7. The first kappa shape index (κ1) is 24.3. The number of anilines is 2. The third kappa shape index (κ3) is 4.95. The topological polar surface area (TPSA) is 78.9 Å². The standard InChI is InChI=1S/C26H20Cl3N3O4/c27-18-4-1-3-17(24(18)29)21-8-9-22(36-21)25(33)30-16-6-7-20(19(28)15-16)31-10-12-32(13-11-31)26(34)23-5-2-14-35-23/h1-9,14-15H,10-13H2,(H,30,33). The van der Waals surface area contributed by atoms with Gasteiger partial charge in [-0.1, -0.05) is 40.9 Å². The highest BCUT2D eigenvalue weighted by molar-refractivity contribution is 6.43. The van der Waals surface area contributed by atoms with Crippen molar-refractivity contribution < 1.29 is 18.4 Å². The molecule has 0 radical (unpaired) electrons. The Morgan fingerprint density at radius 2 is 1.64 bits per heavy atom. The predicted molar refractivity (Wildman–Crippen MR) is 140 cm³/mol. The van der Waals surface area contributed by atoms with Gasteiger partial charge in [-0.2, -0.15) is 0 Å². The molecule has 0 atom stereocenters. The smallest absolute Gasteiger partial charge is 0.291 e. The Morgan fingerprint density at radius 3 is 2.36 bits per heavy atom. The van der Waals surface area contributed by atoms with E-state index in [1.54, 1.807) is 59.5 Å². The van der Waals surface area contributed by atoms with E-state index in [1.165, 1.54) is 6.26 Å². The van der Waals surface area contributed by atoms with Crippen LogP contribution in [0, 0.1) is 0 Å². The minimum Gasteiger partial charge on any atom is -0.459 e. The third-order valence-electron chi connectivity index (χ3n) is 5.89. The van der Waals surface area contributed by atoms with E-state index in [0.29, 0.717) is 64.0 Å². The normalized spacial score (nSPS) is 13.6. The number of hydrogen-bond donors (Lipinski definition) is 1. The van der Waals surface area contributed by atoms with Gasteiger partial charge in [-0.05, 0) is 54.6 Å². The van der Waals surface area contributed by atoms with E-state index in [4.69, 9.17) is 43.6 Å². The second-order valence-electron chi connectivity index (χ2n) is 8.14. The van der Waals surface area contributed by atoms with Crippen LogP contribution in [-0.4, -0.2) is 42.9 Å². The zero-order valence-corrected chi connectivity index (χ0v) is 21.1. The van der Waals surface area contributed by atoms with Crippen molar-refractivity contribution in [1.82, 2.24) is 4.90 Å². The molecule has 0 unspecified atom stereocenters. The summed E-state index contributed by atoms with van der Waals surface area (Å²) in [5.41, 5.74) is 1.95. The van der Waals surface area contributed by atoms with Crippen LogP contribution in [0.2, 0.25) is 15.1 Å². The number of carbonyl (C=O) groups excluding carboxylic acids is 2. The van der Waals surface area contributed by atoms with E-state index < -0.39 is 5.91 Å². The second-order valence-corrected chi connectivity index (χ2v) is 9.33. The SMILES string of the molecule is O=C(Nc1ccc(N2CCN(C(=O)c3ccco3)CC2)c(Cl)c1)c1ccc(-c2cccc(Cl)c2Cl)o1. The highest BCUT2D eigenvalue weighted by atomic mass is 35.5. The minimum atomic E-state index is -0.423. The molecule has 1 aliphatic heterocycles. The van der Waals surface area contributed by atoms with Crippen LogP contribution in [0.5, 0.6) is 0 Å². The lowest BCUT2D eigenvalue weighted by molar-refractivity contribution is 0.0714. The van der Waals surface area contributed by atoms with E-state index in [9.17, 15) is 9.59 Å². The fourth-order valence-corrected chi connectivity index (χ4v) is 4.73. The fourth-order valence-electron chi connectivity index (χ4n) is 4.04. The minimum absolute atomic E-state index is 0.123. The molecule has 0 aliphatic carbocycles. The fraction of sp³-hybridized carbons (Fsp3) is 0.154. The Bertz CT molecular complexity index is 1410. The first-order valence-corrected chi connectivity index (χ1v) is 12.3. The average molecular weight is 545 g/mol. The molecule has 4 aromatic rings. The van der Waals surface area contributed by atoms with Crippen LogP contribution in [0.1, 0.15) is 21.1 Å². The molecule has 10 heteroatoms. The van der Waals surface area contributed by atoms with Crippen molar-refractivity contribution in [2.75, 3.05) is 36.4 Å². The maximum atomic E-state index is 12.7. The molecule has 1 fully saturated rings. The van der Waals surface area contributed by atoms with Gasteiger partial charge in [0.25, 0.3) is 11.8 Å². The van der Waals surface area contributed by atoms with Crippen LogP contribution in [0.4, 0.5) is 11.4 Å². The molecular formula is C26H20Cl3N3O4. The molecule has 2 amide bonds. The van der Waals surface area contributed by atoms with Gasteiger partial charge < -0.3 is 24.0 Å². The van der Waals surface area contributed by atoms with Gasteiger partial charge in [-0.25, -0.2) is 0 Å². The van der Waals surface area contributed by atoms with Crippen molar-refractivity contribution >= 4 is 58.0 Å². The summed E-state index contributed by atoms with van der Waals surface area (Å²) in [5.74, 6) is 0.348. The zero-order chi connectivity index (χ0) is 25.2. The molecule has 1 saturated heterocycles. The van der Waals surface area contributed by atoms with Crippen LogP contribution in [-0.2, 0) is 0 Å². The molecule has 2 aromatic heterocycles. The van der Waals surface area contributed by atoms with Gasteiger partial charge in [0.15, 0.2) is 11.5 Å². The van der Waals surface area contributed by atoms with E-state index in [2.05, 4.69) is 10.2 Å². The molecule has 1 aliphatic rings. The first-order chi connectivity index (χ1) is 17.4. The number of furan rings is 2.